The molecule has 1 aromatic heterocycles. The molecule has 3 heteroatoms. The summed E-state index contributed by atoms with van der Waals surface area (Å²) in [6.07, 6.45) is 5.90. The second-order valence-electron chi connectivity index (χ2n) is 6.37. The van der Waals surface area contributed by atoms with Crippen LogP contribution in [0.4, 0.5) is 0 Å². The van der Waals surface area contributed by atoms with Crippen molar-refractivity contribution in [1.82, 2.24) is 9.97 Å². The van der Waals surface area contributed by atoms with Gasteiger partial charge in [-0.2, -0.15) is 0 Å². The summed E-state index contributed by atoms with van der Waals surface area (Å²) < 4.78 is 0. The van der Waals surface area contributed by atoms with E-state index in [9.17, 15) is 0 Å². The summed E-state index contributed by atoms with van der Waals surface area (Å²) in [5.41, 5.74) is 5.10. The molecule has 102 valence electrons. The van der Waals surface area contributed by atoms with Crippen LogP contribution in [-0.4, -0.2) is 22.2 Å². The lowest BCUT2D eigenvalue weighted by Gasteiger charge is -2.17. The molecule has 0 atom stereocenters. The second-order valence-corrected chi connectivity index (χ2v) is 6.37. The molecular weight excluding hydrogens is 234 g/mol. The van der Waals surface area contributed by atoms with E-state index in [1.54, 1.807) is 0 Å². The highest BCUT2D eigenvalue weighted by Gasteiger charge is 2.18. The van der Waals surface area contributed by atoms with Gasteiger partial charge in [0.1, 0.15) is 0 Å². The number of hydrogen-bond acceptors (Lipinski definition) is 3. The van der Waals surface area contributed by atoms with Gasteiger partial charge in [0.15, 0.2) is 5.82 Å². The van der Waals surface area contributed by atoms with Crippen molar-refractivity contribution in [3.05, 3.63) is 29.4 Å². The normalized spacial score (nSPS) is 15.9. The molecule has 0 bridgehead atoms. The molecule has 0 aromatic carbocycles. The first kappa shape index (κ1) is 13.9. The third-order valence-electron chi connectivity index (χ3n) is 3.36. The van der Waals surface area contributed by atoms with E-state index in [0.29, 0.717) is 0 Å². The number of allylic oxidation sites excluding steroid dienone is 1. The Labute approximate surface area is 115 Å². The molecule has 19 heavy (non-hydrogen) atoms. The summed E-state index contributed by atoms with van der Waals surface area (Å²) in [6, 6.07) is 0. The summed E-state index contributed by atoms with van der Waals surface area (Å²) in [5, 5.41) is 0. The van der Waals surface area contributed by atoms with Gasteiger partial charge >= 0.3 is 0 Å². The number of aliphatic imine (C=N–C) groups is 1. The lowest BCUT2D eigenvalue weighted by molar-refractivity contribution is 0.410. The van der Waals surface area contributed by atoms with Crippen molar-refractivity contribution < 1.29 is 0 Å². The smallest absolute Gasteiger partial charge is 0.157 e. The van der Waals surface area contributed by atoms with Crippen LogP contribution in [0, 0.1) is 5.41 Å². The van der Waals surface area contributed by atoms with Crippen LogP contribution in [0.15, 0.2) is 23.0 Å². The minimum atomic E-state index is 0.270. The zero-order valence-corrected chi connectivity index (χ0v) is 12.6. The minimum Gasteiger partial charge on any atom is -0.285 e. The zero-order chi connectivity index (χ0) is 14.0. The van der Waals surface area contributed by atoms with E-state index in [0.717, 1.165) is 25.2 Å². The average Bonchev–Trinajstić information content (AvgIpc) is 2.69. The van der Waals surface area contributed by atoms with Crippen LogP contribution in [0.2, 0.25) is 0 Å². The summed E-state index contributed by atoms with van der Waals surface area (Å²) in [4.78, 5) is 13.6. The van der Waals surface area contributed by atoms with Gasteiger partial charge < -0.3 is 0 Å². The Morgan fingerprint density at radius 3 is 2.26 bits per heavy atom. The van der Waals surface area contributed by atoms with Gasteiger partial charge in [0.2, 0.25) is 0 Å². The quantitative estimate of drug-likeness (QED) is 0.828. The molecule has 0 radical (unpaired) electrons. The predicted octanol–water partition coefficient (Wildman–Crippen LogP) is 3.70. The van der Waals surface area contributed by atoms with Gasteiger partial charge in [-0.3, -0.25) is 4.99 Å². The third-order valence-corrected chi connectivity index (χ3v) is 3.36. The van der Waals surface area contributed by atoms with Crippen LogP contribution >= 0.6 is 0 Å². The summed E-state index contributed by atoms with van der Waals surface area (Å²) in [5.74, 6) is 0.836. The highest BCUT2D eigenvalue weighted by atomic mass is 14.9. The van der Waals surface area contributed by atoms with Crippen LogP contribution in [0.3, 0.4) is 0 Å². The van der Waals surface area contributed by atoms with Gasteiger partial charge in [0.05, 0.1) is 6.54 Å². The lowest BCUT2D eigenvalue weighted by atomic mass is 9.89. The Morgan fingerprint density at radius 1 is 1.16 bits per heavy atom. The SMILES string of the molecule is CCC1=NCC(c2ncc(CC(C)(C)C)cn2)=C1C. The molecule has 3 nitrogen and oxygen atoms in total. The summed E-state index contributed by atoms with van der Waals surface area (Å²) >= 11 is 0. The Kier molecular flexibility index (Phi) is 3.83. The van der Waals surface area contributed by atoms with Crippen molar-refractivity contribution in [1.29, 1.82) is 0 Å². The van der Waals surface area contributed by atoms with E-state index in [2.05, 4.69) is 49.6 Å². The highest BCUT2D eigenvalue weighted by molar-refractivity contribution is 6.08. The van der Waals surface area contributed by atoms with Gasteiger partial charge in [-0.05, 0) is 36.3 Å². The van der Waals surface area contributed by atoms with Crippen molar-refractivity contribution in [2.24, 2.45) is 10.4 Å². The predicted molar refractivity (Wildman–Crippen MR) is 80.4 cm³/mol. The van der Waals surface area contributed by atoms with Crippen LogP contribution < -0.4 is 0 Å². The van der Waals surface area contributed by atoms with E-state index in [-0.39, 0.29) is 5.41 Å². The molecular formula is C16H23N3. The second kappa shape index (κ2) is 5.24. The molecule has 0 fully saturated rings. The molecule has 2 heterocycles. The van der Waals surface area contributed by atoms with Gasteiger partial charge in [0.25, 0.3) is 0 Å². The molecule has 0 unspecified atom stereocenters. The summed E-state index contributed by atoms with van der Waals surface area (Å²) in [6.45, 7) is 11.7. The topological polar surface area (TPSA) is 38.1 Å². The first-order chi connectivity index (χ1) is 8.90. The molecule has 0 N–H and O–H groups in total. The third kappa shape index (κ3) is 3.28. The molecule has 0 amide bonds. The van der Waals surface area contributed by atoms with E-state index in [4.69, 9.17) is 0 Å². The maximum Gasteiger partial charge on any atom is 0.157 e. The molecule has 0 saturated heterocycles. The van der Waals surface area contributed by atoms with E-state index >= 15 is 0 Å². The Morgan fingerprint density at radius 2 is 1.79 bits per heavy atom. The first-order valence-corrected chi connectivity index (χ1v) is 6.95. The Hall–Kier alpha value is -1.51. The van der Waals surface area contributed by atoms with E-state index in [1.165, 1.54) is 22.4 Å². The first-order valence-electron chi connectivity index (χ1n) is 6.95. The number of nitrogens with zero attached hydrogens (tertiary/aromatic N) is 3. The average molecular weight is 257 g/mol. The van der Waals surface area contributed by atoms with Crippen molar-refractivity contribution in [2.75, 3.05) is 6.54 Å². The molecule has 1 aromatic rings. The minimum absolute atomic E-state index is 0.270. The number of aromatic nitrogens is 2. The maximum absolute atomic E-state index is 4.54. The van der Waals surface area contributed by atoms with Gasteiger partial charge in [0, 0.05) is 23.7 Å². The number of rotatable bonds is 3. The fourth-order valence-corrected chi connectivity index (χ4v) is 2.42. The molecule has 0 spiro atoms. The molecule has 0 saturated carbocycles. The van der Waals surface area contributed by atoms with E-state index < -0.39 is 0 Å². The van der Waals surface area contributed by atoms with Crippen LogP contribution in [0.5, 0.6) is 0 Å². The highest BCUT2D eigenvalue weighted by Crippen LogP contribution is 2.24. The van der Waals surface area contributed by atoms with Crippen molar-refractivity contribution >= 4 is 11.3 Å². The largest absolute Gasteiger partial charge is 0.285 e. The van der Waals surface area contributed by atoms with Crippen molar-refractivity contribution in [2.45, 2.75) is 47.5 Å². The maximum atomic E-state index is 4.54. The Balaban J connectivity index is 2.19. The van der Waals surface area contributed by atoms with Crippen LogP contribution in [-0.2, 0) is 6.42 Å². The van der Waals surface area contributed by atoms with Crippen LogP contribution in [0.25, 0.3) is 5.57 Å². The zero-order valence-electron chi connectivity index (χ0n) is 12.6. The van der Waals surface area contributed by atoms with Crippen molar-refractivity contribution in [3.8, 4) is 0 Å². The standard InChI is InChI=1S/C16H23N3/c1-6-14-11(2)13(10-17-14)15-18-8-12(9-19-15)7-16(3,4)5/h8-9H,6-7,10H2,1-5H3. The van der Waals surface area contributed by atoms with Gasteiger partial charge in [-0.15, -0.1) is 0 Å². The molecule has 0 aliphatic carbocycles. The van der Waals surface area contributed by atoms with Crippen molar-refractivity contribution in [3.63, 3.8) is 0 Å². The fraction of sp³-hybridized carbons (Fsp3) is 0.562. The van der Waals surface area contributed by atoms with E-state index in [1.807, 2.05) is 12.4 Å². The fourth-order valence-electron chi connectivity index (χ4n) is 2.42. The lowest BCUT2D eigenvalue weighted by Crippen LogP contribution is -2.10. The monoisotopic (exact) mass is 257 g/mol. The Bertz CT molecular complexity index is 516. The number of hydrogen-bond donors (Lipinski definition) is 0. The molecule has 2 rings (SSSR count). The van der Waals surface area contributed by atoms with Crippen LogP contribution in [0.1, 0.15) is 52.4 Å². The van der Waals surface area contributed by atoms with Gasteiger partial charge in [-0.1, -0.05) is 27.7 Å². The summed E-state index contributed by atoms with van der Waals surface area (Å²) in [7, 11) is 0. The molecule has 1 aliphatic rings. The molecule has 1 aliphatic heterocycles. The van der Waals surface area contributed by atoms with Gasteiger partial charge in [-0.25, -0.2) is 9.97 Å².